The van der Waals surface area contributed by atoms with E-state index in [1.165, 1.54) is 12.1 Å². The number of rotatable bonds is 8. The number of ether oxygens (including phenoxy) is 2. The molecule has 0 fully saturated rings. The fraction of sp³-hybridized carbons (Fsp3) is 0.238. The summed E-state index contributed by atoms with van der Waals surface area (Å²) < 4.78 is 36.8. The second kappa shape index (κ2) is 10.4. The maximum Gasteiger partial charge on any atom is 0.345 e. The topological polar surface area (TPSA) is 86.7 Å². The summed E-state index contributed by atoms with van der Waals surface area (Å²) in [6.07, 6.45) is 0. The van der Waals surface area contributed by atoms with Gasteiger partial charge in [-0.3, -0.25) is 0 Å². The van der Waals surface area contributed by atoms with Crippen LogP contribution in [0.2, 0.25) is 0 Å². The normalized spacial score (nSPS) is 10.9. The van der Waals surface area contributed by atoms with Crippen LogP contribution in [-0.2, 0) is 28.9 Å². The van der Waals surface area contributed by atoms with Gasteiger partial charge in [-0.05, 0) is 49.2 Å². The Morgan fingerprint density at radius 1 is 0.862 bits per heavy atom. The number of hydrogen-bond donors (Lipinski definition) is 0. The highest BCUT2D eigenvalue weighted by Crippen LogP contribution is 2.27. The molecule has 0 radical (unpaired) electrons. The minimum atomic E-state index is -3.84. The van der Waals surface area contributed by atoms with Crippen LogP contribution in [-0.4, -0.2) is 39.3 Å². The standard InChI is InChI=1S/C21H21BrO6S/c1-3-27-20(23)19(21(24)28-4-2)18(15-10-12-16(22)13-11-15)14-29(25,26)17-8-6-5-7-9-17/h5-13H,3-4,14H2,1-2H3. The summed E-state index contributed by atoms with van der Waals surface area (Å²) in [5.74, 6) is -2.41. The lowest BCUT2D eigenvalue weighted by Crippen LogP contribution is -2.23. The highest BCUT2D eigenvalue weighted by Gasteiger charge is 2.30. The Hall–Kier alpha value is -2.45. The van der Waals surface area contributed by atoms with E-state index in [9.17, 15) is 18.0 Å². The molecule has 154 valence electrons. The van der Waals surface area contributed by atoms with Gasteiger partial charge in [-0.2, -0.15) is 0 Å². The molecular formula is C21H21BrO6S. The molecule has 2 aromatic rings. The van der Waals surface area contributed by atoms with Gasteiger partial charge in [0.2, 0.25) is 0 Å². The molecule has 2 rings (SSSR count). The predicted molar refractivity (Wildman–Crippen MR) is 113 cm³/mol. The Balaban J connectivity index is 2.69. The molecule has 0 saturated heterocycles. The van der Waals surface area contributed by atoms with Crippen molar-refractivity contribution in [1.82, 2.24) is 0 Å². The SMILES string of the molecule is CCOC(=O)C(C(=O)OCC)=C(CS(=O)(=O)c1ccccc1)c1ccc(Br)cc1. The molecular weight excluding hydrogens is 460 g/mol. The van der Waals surface area contributed by atoms with Crippen LogP contribution in [0, 0.1) is 0 Å². The molecule has 0 unspecified atom stereocenters. The summed E-state index contributed by atoms with van der Waals surface area (Å²) in [4.78, 5) is 25.2. The van der Waals surface area contributed by atoms with E-state index in [1.807, 2.05) is 0 Å². The van der Waals surface area contributed by atoms with Crippen molar-refractivity contribution in [3.05, 3.63) is 70.2 Å². The van der Waals surface area contributed by atoms with Crippen LogP contribution in [0.25, 0.3) is 5.57 Å². The Morgan fingerprint density at radius 2 is 1.38 bits per heavy atom. The second-order valence-electron chi connectivity index (χ2n) is 5.87. The third-order valence-corrected chi connectivity index (χ3v) is 6.08. The lowest BCUT2D eigenvalue weighted by molar-refractivity contribution is -0.146. The molecule has 0 amide bonds. The minimum absolute atomic E-state index is 0.0262. The van der Waals surface area contributed by atoms with Crippen LogP contribution < -0.4 is 0 Å². The maximum absolute atomic E-state index is 13.0. The van der Waals surface area contributed by atoms with Crippen LogP contribution >= 0.6 is 15.9 Å². The molecule has 2 aromatic carbocycles. The number of benzene rings is 2. The van der Waals surface area contributed by atoms with E-state index >= 15 is 0 Å². The Kier molecular flexibility index (Phi) is 8.16. The first kappa shape index (κ1) is 22.8. The van der Waals surface area contributed by atoms with Crippen molar-refractivity contribution < 1.29 is 27.5 Å². The van der Waals surface area contributed by atoms with E-state index in [1.54, 1.807) is 56.3 Å². The third kappa shape index (κ3) is 6.01. The molecule has 8 heteroatoms. The number of carbonyl (C=O) groups excluding carboxylic acids is 2. The summed E-state index contributed by atoms with van der Waals surface area (Å²) in [6, 6.07) is 14.5. The van der Waals surface area contributed by atoms with Crippen molar-refractivity contribution in [3.63, 3.8) is 0 Å². The first-order chi connectivity index (χ1) is 13.8. The van der Waals surface area contributed by atoms with Crippen molar-refractivity contribution in [3.8, 4) is 0 Å². The zero-order valence-corrected chi connectivity index (χ0v) is 18.5. The highest BCUT2D eigenvalue weighted by molar-refractivity contribution is 9.10. The number of sulfone groups is 1. The number of halogens is 1. The Morgan fingerprint density at radius 3 is 1.86 bits per heavy atom. The smallest absolute Gasteiger partial charge is 0.345 e. The Labute approximate surface area is 178 Å². The summed E-state index contributed by atoms with van der Waals surface area (Å²) in [5.41, 5.74) is 0.0117. The van der Waals surface area contributed by atoms with Gasteiger partial charge in [0.05, 0.1) is 23.9 Å². The van der Waals surface area contributed by atoms with Crippen LogP contribution in [0.5, 0.6) is 0 Å². The molecule has 0 saturated carbocycles. The zero-order chi connectivity index (χ0) is 21.4. The van der Waals surface area contributed by atoms with Crippen molar-refractivity contribution in [2.24, 2.45) is 0 Å². The monoisotopic (exact) mass is 480 g/mol. The van der Waals surface area contributed by atoms with Crippen molar-refractivity contribution in [1.29, 1.82) is 0 Å². The average molecular weight is 481 g/mol. The zero-order valence-electron chi connectivity index (χ0n) is 16.1. The molecule has 0 aromatic heterocycles. The van der Waals surface area contributed by atoms with Crippen molar-refractivity contribution in [2.75, 3.05) is 19.0 Å². The van der Waals surface area contributed by atoms with Gasteiger partial charge in [-0.25, -0.2) is 18.0 Å². The predicted octanol–water partition coefficient (Wildman–Crippen LogP) is 3.80. The Bertz CT molecular complexity index is 975. The molecule has 0 bridgehead atoms. The third-order valence-electron chi connectivity index (χ3n) is 3.89. The van der Waals surface area contributed by atoms with E-state index in [0.29, 0.717) is 5.56 Å². The first-order valence-electron chi connectivity index (χ1n) is 8.91. The highest BCUT2D eigenvalue weighted by atomic mass is 79.9. The number of carbonyl (C=O) groups is 2. The van der Waals surface area contributed by atoms with E-state index in [4.69, 9.17) is 9.47 Å². The minimum Gasteiger partial charge on any atom is -0.462 e. The van der Waals surface area contributed by atoms with Crippen LogP contribution in [0.15, 0.2) is 69.5 Å². The lowest BCUT2D eigenvalue weighted by Gasteiger charge is -2.15. The van der Waals surface area contributed by atoms with E-state index in [2.05, 4.69) is 15.9 Å². The summed E-state index contributed by atoms with van der Waals surface area (Å²) in [6.45, 7) is 3.25. The molecule has 6 nitrogen and oxygen atoms in total. The molecule has 0 spiro atoms. The molecule has 0 aliphatic heterocycles. The number of esters is 2. The van der Waals surface area contributed by atoms with Crippen molar-refractivity contribution in [2.45, 2.75) is 18.7 Å². The lowest BCUT2D eigenvalue weighted by atomic mass is 10.0. The van der Waals surface area contributed by atoms with Crippen LogP contribution in [0.3, 0.4) is 0 Å². The summed E-state index contributed by atoms with van der Waals surface area (Å²) in [5, 5.41) is 0. The van der Waals surface area contributed by atoms with Gasteiger partial charge in [0, 0.05) is 4.47 Å². The van der Waals surface area contributed by atoms with E-state index < -0.39 is 33.1 Å². The first-order valence-corrected chi connectivity index (χ1v) is 11.4. The van der Waals surface area contributed by atoms with Crippen LogP contribution in [0.1, 0.15) is 19.4 Å². The molecule has 0 heterocycles. The molecule has 29 heavy (non-hydrogen) atoms. The van der Waals surface area contributed by atoms with Gasteiger partial charge in [0.25, 0.3) is 0 Å². The van der Waals surface area contributed by atoms with Gasteiger partial charge in [0.15, 0.2) is 9.84 Å². The fourth-order valence-electron chi connectivity index (χ4n) is 2.59. The summed E-state index contributed by atoms with van der Waals surface area (Å²) in [7, 11) is -3.84. The van der Waals surface area contributed by atoms with Gasteiger partial charge >= 0.3 is 11.9 Å². The van der Waals surface area contributed by atoms with Gasteiger partial charge < -0.3 is 9.47 Å². The second-order valence-corrected chi connectivity index (χ2v) is 8.78. The largest absolute Gasteiger partial charge is 0.462 e. The molecule has 0 atom stereocenters. The van der Waals surface area contributed by atoms with E-state index in [0.717, 1.165) is 4.47 Å². The van der Waals surface area contributed by atoms with Gasteiger partial charge in [-0.1, -0.05) is 46.3 Å². The quantitative estimate of drug-likeness (QED) is 0.247. The van der Waals surface area contributed by atoms with Crippen molar-refractivity contribution >= 4 is 43.3 Å². The molecule has 0 aliphatic carbocycles. The maximum atomic E-state index is 13.0. The fourth-order valence-corrected chi connectivity index (χ4v) is 4.28. The van der Waals surface area contributed by atoms with Crippen LogP contribution in [0.4, 0.5) is 0 Å². The molecule has 0 N–H and O–H groups in total. The average Bonchev–Trinajstić information content (AvgIpc) is 2.69. The van der Waals surface area contributed by atoms with Gasteiger partial charge in [0.1, 0.15) is 5.57 Å². The van der Waals surface area contributed by atoms with Gasteiger partial charge in [-0.15, -0.1) is 0 Å². The summed E-state index contributed by atoms with van der Waals surface area (Å²) >= 11 is 3.32. The molecule has 0 aliphatic rings. The number of hydrogen-bond acceptors (Lipinski definition) is 6. The van der Waals surface area contributed by atoms with E-state index in [-0.39, 0.29) is 23.7 Å².